The maximum atomic E-state index is 14.1. The number of carbonyl (C=O) groups excluding carboxylic acids is 3. The quantitative estimate of drug-likeness (QED) is 0.480. The third kappa shape index (κ3) is 4.75. The van der Waals surface area contributed by atoms with Gasteiger partial charge in [-0.05, 0) is 54.5 Å². The van der Waals surface area contributed by atoms with Crippen molar-refractivity contribution >= 4 is 17.8 Å². The van der Waals surface area contributed by atoms with E-state index < -0.39 is 29.4 Å². The highest BCUT2D eigenvalue weighted by Crippen LogP contribution is 2.42. The van der Waals surface area contributed by atoms with E-state index in [0.29, 0.717) is 19.0 Å². The van der Waals surface area contributed by atoms with Gasteiger partial charge in [0.15, 0.2) is 11.6 Å². The van der Waals surface area contributed by atoms with Crippen molar-refractivity contribution in [1.29, 1.82) is 0 Å². The molecule has 3 aromatic rings. The maximum absolute atomic E-state index is 14.1. The molecule has 8 heteroatoms. The van der Waals surface area contributed by atoms with Crippen LogP contribution in [-0.4, -0.2) is 41.9 Å². The van der Waals surface area contributed by atoms with Crippen LogP contribution in [0.3, 0.4) is 0 Å². The van der Waals surface area contributed by atoms with Gasteiger partial charge in [-0.3, -0.25) is 14.9 Å². The molecule has 3 aromatic carbocycles. The SMILES string of the molecule is O=C1NC(=O)[C@]2(C[C@H](C(=O)N3CCC(CC(c4ccccc4)c4ccccc4)CC3)Oc3ccc(F)cc32)N1. The Morgan fingerprint density at radius 2 is 1.62 bits per heavy atom. The molecule has 6 rings (SSSR count). The third-order valence-corrected chi connectivity index (χ3v) is 8.28. The zero-order chi connectivity index (χ0) is 27.0. The highest BCUT2D eigenvalue weighted by atomic mass is 19.1. The van der Waals surface area contributed by atoms with Crippen molar-refractivity contribution < 1.29 is 23.5 Å². The van der Waals surface area contributed by atoms with E-state index in [1.807, 2.05) is 12.1 Å². The van der Waals surface area contributed by atoms with E-state index in [-0.39, 0.29) is 29.6 Å². The Balaban J connectivity index is 1.16. The Morgan fingerprint density at radius 1 is 0.974 bits per heavy atom. The van der Waals surface area contributed by atoms with E-state index in [4.69, 9.17) is 4.74 Å². The lowest BCUT2D eigenvalue weighted by Crippen LogP contribution is -2.55. The zero-order valence-corrected chi connectivity index (χ0v) is 21.4. The van der Waals surface area contributed by atoms with Crippen LogP contribution in [0.25, 0.3) is 0 Å². The van der Waals surface area contributed by atoms with E-state index >= 15 is 0 Å². The summed E-state index contributed by atoms with van der Waals surface area (Å²) in [5.74, 6) is -0.431. The van der Waals surface area contributed by atoms with Crippen LogP contribution in [0.15, 0.2) is 78.9 Å². The fourth-order valence-corrected chi connectivity index (χ4v) is 6.25. The van der Waals surface area contributed by atoms with Crippen molar-refractivity contribution in [1.82, 2.24) is 15.5 Å². The number of halogens is 1. The summed E-state index contributed by atoms with van der Waals surface area (Å²) in [6.45, 7) is 1.17. The summed E-state index contributed by atoms with van der Waals surface area (Å²) in [6.07, 6.45) is 1.65. The number of nitrogens with one attached hydrogen (secondary N) is 2. The molecule has 0 aromatic heterocycles. The van der Waals surface area contributed by atoms with Crippen LogP contribution < -0.4 is 15.4 Å². The van der Waals surface area contributed by atoms with Gasteiger partial charge in [0.2, 0.25) is 0 Å². The van der Waals surface area contributed by atoms with Crippen molar-refractivity contribution in [2.75, 3.05) is 13.1 Å². The van der Waals surface area contributed by atoms with Crippen LogP contribution >= 0.6 is 0 Å². The van der Waals surface area contributed by atoms with E-state index in [1.54, 1.807) is 4.90 Å². The van der Waals surface area contributed by atoms with Crippen molar-refractivity contribution in [2.24, 2.45) is 5.92 Å². The summed E-state index contributed by atoms with van der Waals surface area (Å²) in [7, 11) is 0. The number of urea groups is 1. The van der Waals surface area contributed by atoms with Crippen LogP contribution in [0.1, 0.15) is 48.3 Å². The van der Waals surface area contributed by atoms with Crippen LogP contribution in [-0.2, 0) is 15.1 Å². The predicted molar refractivity (Wildman–Crippen MR) is 142 cm³/mol. The first-order valence-electron chi connectivity index (χ1n) is 13.4. The van der Waals surface area contributed by atoms with Gasteiger partial charge in [0.05, 0.1) is 0 Å². The number of hydrogen-bond donors (Lipinski definition) is 2. The fourth-order valence-electron chi connectivity index (χ4n) is 6.25. The summed E-state index contributed by atoms with van der Waals surface area (Å²) in [5.41, 5.74) is 1.26. The number of ether oxygens (including phenoxy) is 1. The molecule has 39 heavy (non-hydrogen) atoms. The van der Waals surface area contributed by atoms with Gasteiger partial charge < -0.3 is 15.0 Å². The number of hydrogen-bond acceptors (Lipinski definition) is 4. The molecule has 2 fully saturated rings. The lowest BCUT2D eigenvalue weighted by atomic mass is 9.79. The third-order valence-electron chi connectivity index (χ3n) is 8.28. The normalized spacial score (nSPS) is 22.8. The molecule has 2 N–H and O–H groups in total. The molecule has 0 radical (unpaired) electrons. The maximum Gasteiger partial charge on any atom is 0.322 e. The van der Waals surface area contributed by atoms with Crippen molar-refractivity contribution in [2.45, 2.75) is 43.2 Å². The number of nitrogens with zero attached hydrogens (tertiary/aromatic N) is 1. The monoisotopic (exact) mass is 527 g/mol. The first-order chi connectivity index (χ1) is 18.9. The number of likely N-dealkylation sites (tertiary alicyclic amines) is 1. The standard InChI is InChI=1S/C31H30FN3O4/c32-23-11-12-26-25(18-23)31(29(37)33-30(38)34-31)19-27(39-26)28(36)35-15-13-20(14-16-35)17-24(21-7-3-1-4-8-21)22-9-5-2-6-10-22/h1-12,18,20,24,27H,13-17,19H2,(H2,33,34,37,38)/t27-,31-/m1/s1. The number of carbonyl (C=O) groups is 3. The van der Waals surface area contributed by atoms with Crippen LogP contribution in [0.2, 0.25) is 0 Å². The van der Waals surface area contributed by atoms with Crippen LogP contribution in [0.5, 0.6) is 5.75 Å². The molecule has 0 bridgehead atoms. The van der Waals surface area contributed by atoms with E-state index in [2.05, 4.69) is 59.2 Å². The summed E-state index contributed by atoms with van der Waals surface area (Å²) < 4.78 is 20.1. The van der Waals surface area contributed by atoms with E-state index in [1.165, 1.54) is 29.3 Å². The Labute approximate surface area is 226 Å². The molecule has 0 aliphatic carbocycles. The summed E-state index contributed by atoms with van der Waals surface area (Å²) >= 11 is 0. The second kappa shape index (κ2) is 10.2. The summed E-state index contributed by atoms with van der Waals surface area (Å²) in [4.78, 5) is 40.3. The van der Waals surface area contributed by atoms with Gasteiger partial charge in [-0.1, -0.05) is 60.7 Å². The minimum absolute atomic E-state index is 0.0934. The molecular weight excluding hydrogens is 497 g/mol. The Kier molecular flexibility index (Phi) is 6.54. The van der Waals surface area contributed by atoms with Crippen molar-refractivity contribution in [3.63, 3.8) is 0 Å². The average Bonchev–Trinajstić information content (AvgIpc) is 3.25. The second-order valence-electron chi connectivity index (χ2n) is 10.6. The lowest BCUT2D eigenvalue weighted by Gasteiger charge is -2.40. The smallest absolute Gasteiger partial charge is 0.322 e. The number of piperidine rings is 1. The van der Waals surface area contributed by atoms with E-state index in [0.717, 1.165) is 19.3 Å². The lowest BCUT2D eigenvalue weighted by molar-refractivity contribution is -0.143. The topological polar surface area (TPSA) is 87.7 Å². The van der Waals surface area contributed by atoms with Gasteiger partial charge in [-0.2, -0.15) is 0 Å². The summed E-state index contributed by atoms with van der Waals surface area (Å²) in [6, 6.07) is 24.2. The molecule has 3 aliphatic heterocycles. The van der Waals surface area contributed by atoms with Gasteiger partial charge in [-0.25, -0.2) is 9.18 Å². The van der Waals surface area contributed by atoms with Gasteiger partial charge in [0.25, 0.3) is 11.8 Å². The zero-order valence-electron chi connectivity index (χ0n) is 21.4. The first kappa shape index (κ1) is 25.1. The molecule has 2 saturated heterocycles. The first-order valence-corrected chi connectivity index (χ1v) is 13.4. The number of benzene rings is 3. The number of amides is 4. The van der Waals surface area contributed by atoms with Crippen LogP contribution in [0.4, 0.5) is 9.18 Å². The number of fused-ring (bicyclic) bond motifs is 2. The van der Waals surface area contributed by atoms with Gasteiger partial charge >= 0.3 is 6.03 Å². The number of rotatable bonds is 5. The second-order valence-corrected chi connectivity index (χ2v) is 10.6. The van der Waals surface area contributed by atoms with Gasteiger partial charge in [0.1, 0.15) is 11.6 Å². The molecule has 0 saturated carbocycles. The molecule has 0 unspecified atom stereocenters. The highest BCUT2D eigenvalue weighted by molar-refractivity contribution is 6.08. The number of imide groups is 1. The molecule has 4 amide bonds. The molecule has 200 valence electrons. The predicted octanol–water partition coefficient (Wildman–Crippen LogP) is 4.47. The minimum atomic E-state index is -1.54. The molecule has 7 nitrogen and oxygen atoms in total. The van der Waals surface area contributed by atoms with E-state index in [9.17, 15) is 18.8 Å². The molecular formula is C31H30FN3O4. The Morgan fingerprint density at radius 3 is 2.21 bits per heavy atom. The fraction of sp³-hybridized carbons (Fsp3) is 0.323. The van der Waals surface area contributed by atoms with Gasteiger partial charge in [-0.15, -0.1) is 0 Å². The molecule has 1 spiro atoms. The highest BCUT2D eigenvalue weighted by Gasteiger charge is 2.55. The Bertz CT molecular complexity index is 1350. The summed E-state index contributed by atoms with van der Waals surface area (Å²) in [5, 5.41) is 4.87. The minimum Gasteiger partial charge on any atom is -0.480 e. The van der Waals surface area contributed by atoms with Crippen molar-refractivity contribution in [3.05, 3.63) is 101 Å². The van der Waals surface area contributed by atoms with Crippen LogP contribution in [0, 0.1) is 11.7 Å². The molecule has 2 atom stereocenters. The molecule has 3 aliphatic rings. The molecule has 3 heterocycles. The van der Waals surface area contributed by atoms with Gasteiger partial charge in [0, 0.05) is 31.0 Å². The van der Waals surface area contributed by atoms with Crippen molar-refractivity contribution in [3.8, 4) is 5.75 Å². The largest absolute Gasteiger partial charge is 0.480 e. The Hall–Kier alpha value is -4.20. The average molecular weight is 528 g/mol.